The summed E-state index contributed by atoms with van der Waals surface area (Å²) in [5.74, 6) is -0.428. The molecule has 0 aliphatic carbocycles. The first-order valence-electron chi connectivity index (χ1n) is 5.23. The zero-order valence-electron chi connectivity index (χ0n) is 9.74. The predicted octanol–water partition coefficient (Wildman–Crippen LogP) is 2.14. The summed E-state index contributed by atoms with van der Waals surface area (Å²) in [6, 6.07) is 4.73. The van der Waals surface area contributed by atoms with Crippen LogP contribution in [0.1, 0.15) is 17.3 Å². The Morgan fingerprint density at radius 2 is 2.05 bits per heavy atom. The summed E-state index contributed by atoms with van der Waals surface area (Å²) in [6.07, 6.45) is 1.11. The van der Waals surface area contributed by atoms with Crippen LogP contribution in [-0.4, -0.2) is 15.3 Å². The Labute approximate surface area is 121 Å². The molecule has 0 saturated heterocycles. The first kappa shape index (κ1) is 13.8. The molecule has 0 unspecified atom stereocenters. The van der Waals surface area contributed by atoms with Crippen LogP contribution in [0.15, 0.2) is 38.5 Å². The molecule has 98 valence electrons. The lowest BCUT2D eigenvalue weighted by molar-refractivity contribution is 0.101. The average molecular weight is 344 g/mol. The van der Waals surface area contributed by atoms with Crippen molar-refractivity contribution in [2.24, 2.45) is 0 Å². The lowest BCUT2D eigenvalue weighted by Gasteiger charge is -2.08. The number of H-pyrrole nitrogens is 1. The van der Waals surface area contributed by atoms with E-state index in [1.165, 1.54) is 13.0 Å². The number of aromatic amines is 1. The number of carbonyl (C=O) groups is 1. The number of aromatic nitrogens is 2. The molecule has 7 heteroatoms. The van der Waals surface area contributed by atoms with E-state index in [2.05, 4.69) is 20.9 Å². The van der Waals surface area contributed by atoms with Crippen LogP contribution in [0.3, 0.4) is 0 Å². The number of rotatable bonds is 2. The Morgan fingerprint density at radius 1 is 1.37 bits per heavy atom. The van der Waals surface area contributed by atoms with Crippen molar-refractivity contribution >= 4 is 33.3 Å². The highest BCUT2D eigenvalue weighted by atomic mass is 79.9. The Bertz CT molecular complexity index is 779. The maximum absolute atomic E-state index is 12.1. The normalized spacial score (nSPS) is 10.5. The molecule has 1 N–H and O–H groups in total. The summed E-state index contributed by atoms with van der Waals surface area (Å²) in [4.78, 5) is 37.6. The molecule has 5 nitrogen and oxygen atoms in total. The molecule has 0 aliphatic heterocycles. The molecule has 0 amide bonds. The summed E-state index contributed by atoms with van der Waals surface area (Å²) in [5.41, 5.74) is -1.22. The smallest absolute Gasteiger partial charge is 0.313 e. The number of ketones is 1. The molecule has 1 aromatic carbocycles. The maximum atomic E-state index is 12.1. The number of nitrogens with zero attached hydrogens (tertiary/aromatic N) is 1. The van der Waals surface area contributed by atoms with Gasteiger partial charge < -0.3 is 4.98 Å². The summed E-state index contributed by atoms with van der Waals surface area (Å²) >= 11 is 9.24. The molecular weight excluding hydrogens is 336 g/mol. The fraction of sp³-hybridized carbons (Fsp3) is 0.0833. The fourth-order valence-electron chi connectivity index (χ4n) is 1.61. The van der Waals surface area contributed by atoms with E-state index < -0.39 is 17.0 Å². The SMILES string of the molecule is CC(=O)c1c[nH]c(=O)n(-c2ccc(Br)cc2Cl)c1=O. The number of benzene rings is 1. The van der Waals surface area contributed by atoms with Gasteiger partial charge in [-0.25, -0.2) is 9.36 Å². The molecule has 0 bridgehead atoms. The molecule has 2 aromatic rings. The van der Waals surface area contributed by atoms with Crippen LogP contribution in [0.2, 0.25) is 5.02 Å². The van der Waals surface area contributed by atoms with E-state index in [4.69, 9.17) is 11.6 Å². The second kappa shape index (κ2) is 5.14. The van der Waals surface area contributed by atoms with Gasteiger partial charge in [0.05, 0.1) is 16.3 Å². The Hall–Kier alpha value is -1.66. The minimum Gasteiger partial charge on any atom is -0.313 e. The predicted molar refractivity (Wildman–Crippen MR) is 75.4 cm³/mol. The van der Waals surface area contributed by atoms with Gasteiger partial charge >= 0.3 is 5.69 Å². The summed E-state index contributed by atoms with van der Waals surface area (Å²) in [7, 11) is 0. The van der Waals surface area contributed by atoms with Gasteiger partial charge in [0, 0.05) is 10.7 Å². The van der Waals surface area contributed by atoms with Gasteiger partial charge in [-0.3, -0.25) is 9.59 Å². The van der Waals surface area contributed by atoms with Crippen molar-refractivity contribution in [3.63, 3.8) is 0 Å². The Morgan fingerprint density at radius 3 is 2.63 bits per heavy atom. The number of hydrogen-bond acceptors (Lipinski definition) is 3. The second-order valence-corrected chi connectivity index (χ2v) is 5.12. The summed E-state index contributed by atoms with van der Waals surface area (Å²) in [6.45, 7) is 1.25. The van der Waals surface area contributed by atoms with Crippen LogP contribution in [-0.2, 0) is 0 Å². The summed E-state index contributed by atoms with van der Waals surface area (Å²) < 4.78 is 1.55. The Balaban J connectivity index is 2.82. The van der Waals surface area contributed by atoms with E-state index in [0.717, 1.165) is 10.8 Å². The van der Waals surface area contributed by atoms with E-state index in [9.17, 15) is 14.4 Å². The highest BCUT2D eigenvalue weighted by molar-refractivity contribution is 9.10. The molecule has 0 saturated carbocycles. The van der Waals surface area contributed by atoms with Crippen molar-refractivity contribution in [3.05, 3.63) is 60.3 Å². The van der Waals surface area contributed by atoms with E-state index in [1.54, 1.807) is 12.1 Å². The molecule has 0 fully saturated rings. The zero-order valence-corrected chi connectivity index (χ0v) is 12.1. The van der Waals surface area contributed by atoms with E-state index in [0.29, 0.717) is 4.47 Å². The Kier molecular flexibility index (Phi) is 3.73. The number of nitrogens with one attached hydrogen (secondary N) is 1. The molecule has 2 rings (SSSR count). The third kappa shape index (κ3) is 2.54. The van der Waals surface area contributed by atoms with Crippen molar-refractivity contribution in [3.8, 4) is 5.69 Å². The number of carbonyl (C=O) groups excluding carboxylic acids is 1. The first-order chi connectivity index (χ1) is 8.91. The lowest BCUT2D eigenvalue weighted by Crippen LogP contribution is -2.36. The molecule has 0 spiro atoms. The van der Waals surface area contributed by atoms with Gasteiger partial charge in [0.25, 0.3) is 5.56 Å². The van der Waals surface area contributed by atoms with Crippen LogP contribution >= 0.6 is 27.5 Å². The quantitative estimate of drug-likeness (QED) is 0.849. The van der Waals surface area contributed by atoms with Gasteiger partial charge in [-0.2, -0.15) is 0 Å². The molecule has 0 radical (unpaired) electrons. The van der Waals surface area contributed by atoms with E-state index in [-0.39, 0.29) is 16.3 Å². The number of hydrogen-bond donors (Lipinski definition) is 1. The minimum absolute atomic E-state index is 0.0985. The largest absolute Gasteiger partial charge is 0.333 e. The highest BCUT2D eigenvalue weighted by Crippen LogP contribution is 2.22. The van der Waals surface area contributed by atoms with Crippen LogP contribution in [0.4, 0.5) is 0 Å². The van der Waals surface area contributed by atoms with Crippen molar-refractivity contribution < 1.29 is 4.79 Å². The summed E-state index contributed by atoms with van der Waals surface area (Å²) in [5, 5.41) is 0.225. The van der Waals surface area contributed by atoms with Crippen molar-refractivity contribution in [2.45, 2.75) is 6.92 Å². The lowest BCUT2D eigenvalue weighted by atomic mass is 10.2. The number of Topliss-reactive ketones (excluding diaryl/α,β-unsaturated/α-hetero) is 1. The van der Waals surface area contributed by atoms with Crippen LogP contribution in [0, 0.1) is 0 Å². The fourth-order valence-corrected chi connectivity index (χ4v) is 2.36. The maximum Gasteiger partial charge on any atom is 0.333 e. The minimum atomic E-state index is -0.694. The highest BCUT2D eigenvalue weighted by Gasteiger charge is 2.14. The van der Waals surface area contributed by atoms with Crippen molar-refractivity contribution in [1.82, 2.24) is 9.55 Å². The molecule has 19 heavy (non-hydrogen) atoms. The third-order valence-corrected chi connectivity index (χ3v) is 3.30. The van der Waals surface area contributed by atoms with Gasteiger partial charge in [-0.1, -0.05) is 27.5 Å². The van der Waals surface area contributed by atoms with Gasteiger partial charge in [-0.05, 0) is 25.1 Å². The molecule has 0 aliphatic rings. The van der Waals surface area contributed by atoms with Gasteiger partial charge in [0.2, 0.25) is 0 Å². The topological polar surface area (TPSA) is 71.9 Å². The van der Waals surface area contributed by atoms with E-state index >= 15 is 0 Å². The monoisotopic (exact) mass is 342 g/mol. The van der Waals surface area contributed by atoms with Crippen LogP contribution in [0.25, 0.3) is 5.69 Å². The molecular formula is C12H8BrClN2O3. The average Bonchev–Trinajstić information content (AvgIpc) is 2.31. The zero-order chi connectivity index (χ0) is 14.2. The standard InChI is InChI=1S/C12H8BrClN2O3/c1-6(17)8-5-15-12(19)16(11(8)18)10-3-2-7(13)4-9(10)14/h2-5H,1H3,(H,15,19). The number of halogens is 2. The van der Waals surface area contributed by atoms with Crippen LogP contribution < -0.4 is 11.2 Å². The third-order valence-electron chi connectivity index (χ3n) is 2.51. The van der Waals surface area contributed by atoms with Gasteiger partial charge in [0.15, 0.2) is 5.78 Å². The first-order valence-corrected chi connectivity index (χ1v) is 6.40. The van der Waals surface area contributed by atoms with Gasteiger partial charge in [0.1, 0.15) is 0 Å². The molecule has 0 atom stereocenters. The van der Waals surface area contributed by atoms with E-state index in [1.807, 2.05) is 0 Å². The van der Waals surface area contributed by atoms with Crippen LogP contribution in [0.5, 0.6) is 0 Å². The molecule has 1 aromatic heterocycles. The van der Waals surface area contributed by atoms with Crippen molar-refractivity contribution in [2.75, 3.05) is 0 Å². The van der Waals surface area contributed by atoms with Crippen molar-refractivity contribution in [1.29, 1.82) is 0 Å². The van der Waals surface area contributed by atoms with Gasteiger partial charge in [-0.15, -0.1) is 0 Å². The second-order valence-electron chi connectivity index (χ2n) is 3.80. The molecule has 1 heterocycles.